The van der Waals surface area contributed by atoms with Crippen LogP contribution in [-0.4, -0.2) is 33.0 Å². The molecule has 0 aliphatic heterocycles. The number of anilines is 1. The van der Waals surface area contributed by atoms with Gasteiger partial charge in [0.2, 0.25) is 0 Å². The van der Waals surface area contributed by atoms with Crippen molar-refractivity contribution in [2.45, 2.75) is 6.92 Å². The Kier molecular flexibility index (Phi) is 4.11. The van der Waals surface area contributed by atoms with E-state index in [9.17, 15) is 13.2 Å². The molecule has 0 radical (unpaired) electrons. The molecule has 6 heteroatoms. The molecule has 0 atom stereocenters. The number of hydrogen-bond acceptors (Lipinski definition) is 5. The number of hydrogen-bond donors (Lipinski definition) is 1. The Morgan fingerprint density at radius 3 is 2.59 bits per heavy atom. The zero-order chi connectivity index (χ0) is 13.1. The minimum atomic E-state index is -3.12. The van der Waals surface area contributed by atoms with Gasteiger partial charge in [-0.2, -0.15) is 0 Å². The molecule has 1 aromatic rings. The fraction of sp³-hybridized carbons (Fsp3) is 0.364. The Morgan fingerprint density at radius 1 is 1.41 bits per heavy atom. The van der Waals surface area contributed by atoms with Crippen molar-refractivity contribution in [3.63, 3.8) is 0 Å². The van der Waals surface area contributed by atoms with Crippen LogP contribution in [0, 0.1) is 6.92 Å². The van der Waals surface area contributed by atoms with E-state index in [1.54, 1.807) is 25.1 Å². The molecule has 1 rings (SSSR count). The number of ether oxygens (including phenoxy) is 1. The van der Waals surface area contributed by atoms with Crippen LogP contribution in [0.3, 0.4) is 0 Å². The molecule has 0 spiro atoms. The van der Waals surface area contributed by atoms with Crippen molar-refractivity contribution in [2.75, 3.05) is 24.3 Å². The Bertz CT molecular complexity index is 522. The van der Waals surface area contributed by atoms with E-state index in [0.717, 1.165) is 6.26 Å². The van der Waals surface area contributed by atoms with Crippen LogP contribution in [-0.2, 0) is 14.6 Å². The lowest BCUT2D eigenvalue weighted by atomic mass is 10.1. The minimum absolute atomic E-state index is 0.137. The number of carbonyl (C=O) groups is 1. The maximum atomic E-state index is 11.6. The zero-order valence-corrected chi connectivity index (χ0v) is 10.6. The van der Waals surface area contributed by atoms with Gasteiger partial charge in [-0.05, 0) is 30.7 Å². The molecule has 5 nitrogen and oxygen atoms in total. The maximum Gasteiger partial charge on any atom is 0.338 e. The fourth-order valence-electron chi connectivity index (χ4n) is 1.28. The number of aryl methyl sites for hydroxylation is 1. The molecule has 1 aromatic carbocycles. The first-order valence-electron chi connectivity index (χ1n) is 5.00. The van der Waals surface area contributed by atoms with E-state index < -0.39 is 15.8 Å². The fourth-order valence-corrected chi connectivity index (χ4v) is 1.67. The SMILES string of the molecule is Cc1cc(N)ccc1C(=O)OCCS(C)(=O)=O. The molecule has 17 heavy (non-hydrogen) atoms. The summed E-state index contributed by atoms with van der Waals surface area (Å²) in [5, 5.41) is 0. The van der Waals surface area contributed by atoms with Crippen LogP contribution in [0.5, 0.6) is 0 Å². The lowest BCUT2D eigenvalue weighted by molar-refractivity contribution is 0.0528. The van der Waals surface area contributed by atoms with Gasteiger partial charge in [0.15, 0.2) is 9.84 Å². The molecular weight excluding hydrogens is 242 g/mol. The first kappa shape index (κ1) is 13.5. The van der Waals surface area contributed by atoms with Crippen LogP contribution < -0.4 is 5.73 Å². The summed E-state index contributed by atoms with van der Waals surface area (Å²) in [5.41, 5.74) is 7.22. The third-order valence-electron chi connectivity index (χ3n) is 2.16. The second-order valence-electron chi connectivity index (χ2n) is 3.84. The first-order chi connectivity index (χ1) is 7.79. The largest absolute Gasteiger partial charge is 0.461 e. The van der Waals surface area contributed by atoms with Crippen molar-refractivity contribution in [3.8, 4) is 0 Å². The standard InChI is InChI=1S/C11H15NO4S/c1-8-7-9(12)3-4-10(8)11(13)16-5-6-17(2,14)15/h3-4,7H,5-6,12H2,1-2H3. The normalized spacial score (nSPS) is 11.2. The number of nitrogens with two attached hydrogens (primary N) is 1. The summed E-state index contributed by atoms with van der Waals surface area (Å²) in [6.07, 6.45) is 1.09. The Morgan fingerprint density at radius 2 is 2.06 bits per heavy atom. The molecule has 0 saturated heterocycles. The molecule has 0 fully saturated rings. The van der Waals surface area contributed by atoms with E-state index in [4.69, 9.17) is 10.5 Å². The highest BCUT2D eigenvalue weighted by Crippen LogP contribution is 2.13. The van der Waals surface area contributed by atoms with Crippen LogP contribution >= 0.6 is 0 Å². The molecule has 2 N–H and O–H groups in total. The lowest BCUT2D eigenvalue weighted by Crippen LogP contribution is -2.15. The average molecular weight is 257 g/mol. The summed E-state index contributed by atoms with van der Waals surface area (Å²) in [5.74, 6) is -0.710. The van der Waals surface area contributed by atoms with Gasteiger partial charge >= 0.3 is 5.97 Å². The van der Waals surface area contributed by atoms with Gasteiger partial charge < -0.3 is 10.5 Å². The molecule has 0 aliphatic carbocycles. The van der Waals surface area contributed by atoms with Crippen molar-refractivity contribution in [1.29, 1.82) is 0 Å². The highest BCUT2D eigenvalue weighted by molar-refractivity contribution is 7.90. The van der Waals surface area contributed by atoms with Gasteiger partial charge in [-0.15, -0.1) is 0 Å². The summed E-state index contributed by atoms with van der Waals surface area (Å²) in [4.78, 5) is 11.6. The van der Waals surface area contributed by atoms with E-state index in [1.807, 2.05) is 0 Å². The number of carbonyl (C=O) groups excluding carboxylic acids is 1. The average Bonchev–Trinajstić information content (AvgIpc) is 2.15. The van der Waals surface area contributed by atoms with E-state index in [2.05, 4.69) is 0 Å². The van der Waals surface area contributed by atoms with E-state index in [-0.39, 0.29) is 12.4 Å². The molecule has 0 bridgehead atoms. The van der Waals surface area contributed by atoms with Gasteiger partial charge in [-0.25, -0.2) is 13.2 Å². The number of nitrogen functional groups attached to an aromatic ring is 1. The van der Waals surface area contributed by atoms with Gasteiger partial charge in [0, 0.05) is 11.9 Å². The van der Waals surface area contributed by atoms with Crippen molar-refractivity contribution in [2.24, 2.45) is 0 Å². The Balaban J connectivity index is 2.65. The van der Waals surface area contributed by atoms with Crippen LogP contribution in [0.15, 0.2) is 18.2 Å². The van der Waals surface area contributed by atoms with E-state index >= 15 is 0 Å². The van der Waals surface area contributed by atoms with Crippen LogP contribution in [0.1, 0.15) is 15.9 Å². The van der Waals surface area contributed by atoms with Crippen molar-refractivity contribution >= 4 is 21.5 Å². The molecule has 0 aromatic heterocycles. The van der Waals surface area contributed by atoms with Crippen molar-refractivity contribution < 1.29 is 17.9 Å². The quantitative estimate of drug-likeness (QED) is 0.636. The summed E-state index contributed by atoms with van der Waals surface area (Å²) in [6.45, 7) is 1.60. The molecule has 0 aliphatic rings. The number of rotatable bonds is 4. The molecule has 0 saturated carbocycles. The first-order valence-corrected chi connectivity index (χ1v) is 7.06. The van der Waals surface area contributed by atoms with Crippen LogP contribution in [0.4, 0.5) is 5.69 Å². The molecule has 0 unspecified atom stereocenters. The summed E-state index contributed by atoms with van der Waals surface area (Å²) in [6, 6.07) is 4.82. The highest BCUT2D eigenvalue weighted by Gasteiger charge is 2.11. The van der Waals surface area contributed by atoms with Crippen LogP contribution in [0.2, 0.25) is 0 Å². The maximum absolute atomic E-state index is 11.6. The van der Waals surface area contributed by atoms with Gasteiger partial charge in [0.1, 0.15) is 6.61 Å². The smallest absolute Gasteiger partial charge is 0.338 e. The minimum Gasteiger partial charge on any atom is -0.461 e. The zero-order valence-electron chi connectivity index (χ0n) is 9.76. The number of esters is 1. The molecule has 0 amide bonds. The van der Waals surface area contributed by atoms with Crippen molar-refractivity contribution in [3.05, 3.63) is 29.3 Å². The van der Waals surface area contributed by atoms with Gasteiger partial charge in [-0.3, -0.25) is 0 Å². The third kappa shape index (κ3) is 4.44. The summed E-state index contributed by atoms with van der Waals surface area (Å²) in [7, 11) is -3.12. The van der Waals surface area contributed by atoms with Gasteiger partial charge in [0.05, 0.1) is 11.3 Å². The predicted molar refractivity (Wildman–Crippen MR) is 65.6 cm³/mol. The van der Waals surface area contributed by atoms with Gasteiger partial charge in [-0.1, -0.05) is 0 Å². The number of benzene rings is 1. The molecular formula is C11H15NO4S. The highest BCUT2D eigenvalue weighted by atomic mass is 32.2. The Hall–Kier alpha value is -1.56. The van der Waals surface area contributed by atoms with Crippen molar-refractivity contribution in [1.82, 2.24) is 0 Å². The lowest BCUT2D eigenvalue weighted by Gasteiger charge is -2.07. The van der Waals surface area contributed by atoms with E-state index in [1.165, 1.54) is 0 Å². The molecule has 94 valence electrons. The van der Waals surface area contributed by atoms with Crippen LogP contribution in [0.25, 0.3) is 0 Å². The topological polar surface area (TPSA) is 86.5 Å². The van der Waals surface area contributed by atoms with E-state index in [0.29, 0.717) is 16.8 Å². The Labute approximate surface area is 100 Å². The number of sulfone groups is 1. The van der Waals surface area contributed by atoms with Gasteiger partial charge in [0.25, 0.3) is 0 Å². The monoisotopic (exact) mass is 257 g/mol. The second kappa shape index (κ2) is 5.18. The molecule has 0 heterocycles. The third-order valence-corrected chi connectivity index (χ3v) is 3.07. The second-order valence-corrected chi connectivity index (χ2v) is 6.10. The predicted octanol–water partition coefficient (Wildman–Crippen LogP) is 0.779. The summed E-state index contributed by atoms with van der Waals surface area (Å²) < 4.78 is 26.6. The summed E-state index contributed by atoms with van der Waals surface area (Å²) >= 11 is 0.